The predicted molar refractivity (Wildman–Crippen MR) is 148 cm³/mol. The molecule has 1 amide bonds. The van der Waals surface area contributed by atoms with E-state index in [-0.39, 0.29) is 17.9 Å². The second kappa shape index (κ2) is 10.9. The maximum atomic E-state index is 13.6. The standard InChI is InChI=1S/C31H29N3O5/c1-4-17-39-23-15-14-22(18-24(23)38-5-2)28-26(29(35)27-20(3)32-25-13-9-10-16-33(25)27)30(36)31(37)34(28)19-21-11-7-6-8-12-21/h4,6-16,18,28,35H,1,5,17,19H2,2-3H3. The van der Waals surface area contributed by atoms with Gasteiger partial charge in [0.15, 0.2) is 17.3 Å². The molecule has 1 fully saturated rings. The summed E-state index contributed by atoms with van der Waals surface area (Å²) in [6, 6.07) is 19.3. The van der Waals surface area contributed by atoms with E-state index in [0.29, 0.717) is 47.3 Å². The van der Waals surface area contributed by atoms with Crippen LogP contribution in [0.2, 0.25) is 0 Å². The van der Waals surface area contributed by atoms with Crippen molar-refractivity contribution in [3.05, 3.63) is 114 Å². The molecule has 4 aromatic rings. The molecule has 39 heavy (non-hydrogen) atoms. The molecule has 1 unspecified atom stereocenters. The van der Waals surface area contributed by atoms with Gasteiger partial charge in [0.25, 0.3) is 11.7 Å². The number of hydrogen-bond donors (Lipinski definition) is 1. The summed E-state index contributed by atoms with van der Waals surface area (Å²) in [5.41, 5.74) is 2.97. The van der Waals surface area contributed by atoms with E-state index in [1.807, 2.05) is 55.5 Å². The fourth-order valence-corrected chi connectivity index (χ4v) is 4.93. The van der Waals surface area contributed by atoms with Gasteiger partial charge in [-0.25, -0.2) is 4.98 Å². The molecule has 2 aromatic carbocycles. The van der Waals surface area contributed by atoms with Crippen molar-refractivity contribution in [2.75, 3.05) is 13.2 Å². The molecular formula is C31H29N3O5. The quantitative estimate of drug-likeness (QED) is 0.140. The van der Waals surface area contributed by atoms with Gasteiger partial charge in [0.1, 0.15) is 17.9 Å². The number of ketones is 1. The number of aromatic nitrogens is 2. The molecule has 1 atom stereocenters. The molecule has 1 aliphatic rings. The second-order valence-corrected chi connectivity index (χ2v) is 9.13. The molecule has 0 bridgehead atoms. The Hall–Kier alpha value is -4.85. The molecule has 1 aliphatic heterocycles. The van der Waals surface area contributed by atoms with Gasteiger partial charge >= 0.3 is 0 Å². The van der Waals surface area contributed by atoms with Gasteiger partial charge in [0, 0.05) is 12.7 Å². The summed E-state index contributed by atoms with van der Waals surface area (Å²) in [7, 11) is 0. The molecule has 0 aliphatic carbocycles. The number of imidazole rings is 1. The molecule has 1 saturated heterocycles. The van der Waals surface area contributed by atoms with Crippen molar-refractivity contribution in [1.29, 1.82) is 0 Å². The average molecular weight is 524 g/mol. The van der Waals surface area contributed by atoms with Crippen molar-refractivity contribution in [2.45, 2.75) is 26.4 Å². The number of aliphatic hydroxyl groups excluding tert-OH is 1. The van der Waals surface area contributed by atoms with Gasteiger partial charge in [-0.15, -0.1) is 0 Å². The van der Waals surface area contributed by atoms with E-state index in [4.69, 9.17) is 9.47 Å². The molecule has 0 spiro atoms. The number of rotatable bonds is 9. The van der Waals surface area contributed by atoms with Crippen LogP contribution >= 0.6 is 0 Å². The van der Waals surface area contributed by atoms with Gasteiger partial charge in [-0.2, -0.15) is 0 Å². The summed E-state index contributed by atoms with van der Waals surface area (Å²) in [5, 5.41) is 11.7. The Bertz CT molecular complexity index is 1590. The van der Waals surface area contributed by atoms with Crippen molar-refractivity contribution >= 4 is 23.1 Å². The second-order valence-electron chi connectivity index (χ2n) is 9.13. The van der Waals surface area contributed by atoms with E-state index in [1.165, 1.54) is 4.90 Å². The normalized spacial score (nSPS) is 16.6. The number of benzene rings is 2. The highest BCUT2D eigenvalue weighted by Gasteiger charge is 2.46. The summed E-state index contributed by atoms with van der Waals surface area (Å²) < 4.78 is 13.3. The number of nitrogens with zero attached hydrogens (tertiary/aromatic N) is 3. The first-order valence-electron chi connectivity index (χ1n) is 12.7. The fourth-order valence-electron chi connectivity index (χ4n) is 4.93. The smallest absolute Gasteiger partial charge is 0.295 e. The van der Waals surface area contributed by atoms with E-state index < -0.39 is 17.7 Å². The van der Waals surface area contributed by atoms with Crippen LogP contribution in [0.25, 0.3) is 11.4 Å². The minimum absolute atomic E-state index is 0.00751. The van der Waals surface area contributed by atoms with Gasteiger partial charge < -0.3 is 19.5 Å². The lowest BCUT2D eigenvalue weighted by molar-refractivity contribution is -0.140. The first-order chi connectivity index (χ1) is 18.9. The van der Waals surface area contributed by atoms with Crippen LogP contribution in [-0.2, 0) is 16.1 Å². The molecule has 8 nitrogen and oxygen atoms in total. The van der Waals surface area contributed by atoms with Crippen molar-refractivity contribution in [1.82, 2.24) is 14.3 Å². The number of carbonyl (C=O) groups is 2. The van der Waals surface area contributed by atoms with Gasteiger partial charge in [0.05, 0.1) is 23.9 Å². The minimum atomic E-state index is -0.869. The van der Waals surface area contributed by atoms with Crippen LogP contribution in [0.5, 0.6) is 11.5 Å². The maximum absolute atomic E-state index is 13.6. The number of pyridine rings is 1. The third kappa shape index (κ3) is 4.77. The molecular weight excluding hydrogens is 494 g/mol. The Morgan fingerprint density at radius 1 is 1.05 bits per heavy atom. The average Bonchev–Trinajstić information content (AvgIpc) is 3.41. The molecule has 1 N–H and O–H groups in total. The Kier molecular flexibility index (Phi) is 7.19. The number of Topliss-reactive ketones (excluding diaryl/α,β-unsaturated/α-hetero) is 1. The zero-order valence-corrected chi connectivity index (χ0v) is 21.8. The highest BCUT2D eigenvalue weighted by atomic mass is 16.5. The Labute approximate surface area is 226 Å². The highest BCUT2D eigenvalue weighted by Crippen LogP contribution is 2.43. The van der Waals surface area contributed by atoms with Crippen molar-refractivity contribution < 1.29 is 24.2 Å². The highest BCUT2D eigenvalue weighted by molar-refractivity contribution is 6.46. The lowest BCUT2D eigenvalue weighted by atomic mass is 9.95. The summed E-state index contributed by atoms with van der Waals surface area (Å²) in [6.07, 6.45) is 3.40. The Morgan fingerprint density at radius 3 is 2.56 bits per heavy atom. The van der Waals surface area contributed by atoms with E-state index in [1.54, 1.807) is 41.8 Å². The van der Waals surface area contributed by atoms with Crippen LogP contribution < -0.4 is 9.47 Å². The number of carbonyl (C=O) groups excluding carboxylic acids is 2. The first kappa shape index (κ1) is 25.8. The Morgan fingerprint density at radius 2 is 1.82 bits per heavy atom. The van der Waals surface area contributed by atoms with E-state index in [0.717, 1.165) is 5.56 Å². The molecule has 0 radical (unpaired) electrons. The largest absolute Gasteiger partial charge is 0.505 e. The molecule has 8 heteroatoms. The van der Waals surface area contributed by atoms with Crippen LogP contribution in [0.4, 0.5) is 0 Å². The number of aryl methyl sites for hydroxylation is 1. The van der Waals surface area contributed by atoms with Crippen LogP contribution in [0.15, 0.2) is 91.2 Å². The number of aliphatic hydroxyl groups is 1. The predicted octanol–water partition coefficient (Wildman–Crippen LogP) is 5.23. The number of likely N-dealkylation sites (tertiary alicyclic amines) is 1. The third-order valence-electron chi connectivity index (χ3n) is 6.60. The van der Waals surface area contributed by atoms with E-state index in [2.05, 4.69) is 11.6 Å². The topological polar surface area (TPSA) is 93.4 Å². The first-order valence-corrected chi connectivity index (χ1v) is 12.7. The van der Waals surface area contributed by atoms with Gasteiger partial charge in [-0.05, 0) is 49.2 Å². The van der Waals surface area contributed by atoms with E-state index in [9.17, 15) is 14.7 Å². The fraction of sp³-hybridized carbons (Fsp3) is 0.194. The molecule has 0 saturated carbocycles. The van der Waals surface area contributed by atoms with E-state index >= 15 is 0 Å². The maximum Gasteiger partial charge on any atom is 0.295 e. The number of hydrogen-bond acceptors (Lipinski definition) is 6. The number of amides is 1. The zero-order chi connectivity index (χ0) is 27.5. The van der Waals surface area contributed by atoms with Crippen molar-refractivity contribution in [2.24, 2.45) is 0 Å². The Balaban J connectivity index is 1.71. The lowest BCUT2D eigenvalue weighted by Gasteiger charge is -2.26. The van der Waals surface area contributed by atoms with Crippen LogP contribution in [0, 0.1) is 6.92 Å². The zero-order valence-electron chi connectivity index (χ0n) is 21.8. The monoisotopic (exact) mass is 523 g/mol. The van der Waals surface area contributed by atoms with Crippen molar-refractivity contribution in [3.8, 4) is 11.5 Å². The van der Waals surface area contributed by atoms with Crippen LogP contribution in [-0.4, -0.2) is 44.3 Å². The summed E-state index contributed by atoms with van der Waals surface area (Å²) in [4.78, 5) is 33.1. The summed E-state index contributed by atoms with van der Waals surface area (Å²) >= 11 is 0. The number of fused-ring (bicyclic) bond motifs is 1. The molecule has 5 rings (SSSR count). The summed E-state index contributed by atoms with van der Waals surface area (Å²) in [5.74, 6) is -0.758. The van der Waals surface area contributed by atoms with Crippen LogP contribution in [0.1, 0.15) is 35.5 Å². The van der Waals surface area contributed by atoms with Gasteiger partial charge in [0.2, 0.25) is 0 Å². The molecule has 2 aromatic heterocycles. The van der Waals surface area contributed by atoms with Crippen LogP contribution in [0.3, 0.4) is 0 Å². The van der Waals surface area contributed by atoms with Crippen molar-refractivity contribution in [3.63, 3.8) is 0 Å². The minimum Gasteiger partial charge on any atom is -0.505 e. The van der Waals surface area contributed by atoms with Gasteiger partial charge in [-0.3, -0.25) is 14.0 Å². The molecule has 3 heterocycles. The van der Waals surface area contributed by atoms with Gasteiger partial charge in [-0.1, -0.05) is 55.1 Å². The molecule has 198 valence electrons. The third-order valence-corrected chi connectivity index (χ3v) is 6.60. The number of ether oxygens (including phenoxy) is 2. The lowest BCUT2D eigenvalue weighted by Crippen LogP contribution is -2.29. The SMILES string of the molecule is C=CCOc1ccc(C2C(=C(O)c3c(C)nc4ccccn34)C(=O)C(=O)N2Cc2ccccc2)cc1OCC. The summed E-state index contributed by atoms with van der Waals surface area (Å²) in [6.45, 7) is 8.17.